The second-order valence-corrected chi connectivity index (χ2v) is 11.7. The number of carbonyl (C=O) groups excluding carboxylic acids is 1. The van der Waals surface area contributed by atoms with E-state index in [0.29, 0.717) is 54.7 Å². The molecule has 1 aliphatic heterocycles. The van der Waals surface area contributed by atoms with Crippen molar-refractivity contribution in [2.45, 2.75) is 13.0 Å². The summed E-state index contributed by atoms with van der Waals surface area (Å²) in [4.78, 5) is 44.6. The molecule has 6 rings (SSSR count). The Hall–Kier alpha value is -5.39. The Morgan fingerprint density at radius 3 is 2.49 bits per heavy atom. The van der Waals surface area contributed by atoms with Gasteiger partial charge in [-0.1, -0.05) is 59.3 Å². The van der Waals surface area contributed by atoms with Crippen molar-refractivity contribution >= 4 is 46.6 Å². The van der Waals surface area contributed by atoms with Gasteiger partial charge in [-0.2, -0.15) is 0 Å². The van der Waals surface area contributed by atoms with Gasteiger partial charge in [-0.05, 0) is 43.3 Å². The van der Waals surface area contributed by atoms with Crippen molar-refractivity contribution in [3.05, 3.63) is 132 Å². The van der Waals surface area contributed by atoms with E-state index >= 15 is 0 Å². The summed E-state index contributed by atoms with van der Waals surface area (Å²) in [6.07, 6.45) is 1.60. The number of aromatic carboxylic acids is 1. The zero-order valence-electron chi connectivity index (χ0n) is 25.4. The van der Waals surface area contributed by atoms with Crippen LogP contribution < -0.4 is 24.4 Å². The maximum atomic E-state index is 14.2. The van der Waals surface area contributed by atoms with E-state index in [1.165, 1.54) is 30.9 Å². The predicted octanol–water partition coefficient (Wildman–Crippen LogP) is 5.56. The number of aromatic nitrogens is 1. The van der Waals surface area contributed by atoms with Gasteiger partial charge >= 0.3 is 11.9 Å². The van der Waals surface area contributed by atoms with Gasteiger partial charge in [0.15, 0.2) is 4.80 Å². The first-order valence-corrected chi connectivity index (χ1v) is 15.6. The topological polar surface area (TPSA) is 130 Å². The third-order valence-electron chi connectivity index (χ3n) is 7.49. The van der Waals surface area contributed by atoms with Crippen molar-refractivity contribution in [3.63, 3.8) is 0 Å². The molecule has 3 heterocycles. The van der Waals surface area contributed by atoms with E-state index < -0.39 is 23.5 Å². The van der Waals surface area contributed by atoms with Gasteiger partial charge in [0.05, 0.1) is 47.2 Å². The van der Waals surface area contributed by atoms with Crippen LogP contribution in [0.3, 0.4) is 0 Å². The molecule has 47 heavy (non-hydrogen) atoms. The van der Waals surface area contributed by atoms with Crippen LogP contribution in [0.4, 0.5) is 0 Å². The van der Waals surface area contributed by atoms with E-state index in [0.717, 1.165) is 11.3 Å². The Morgan fingerprint density at radius 2 is 1.81 bits per heavy atom. The number of hydrogen-bond acceptors (Lipinski definition) is 9. The van der Waals surface area contributed by atoms with Crippen molar-refractivity contribution in [1.29, 1.82) is 0 Å². The molecule has 0 aliphatic carbocycles. The number of carboxylic acids is 1. The summed E-state index contributed by atoms with van der Waals surface area (Å²) >= 11 is 7.31. The average Bonchev–Trinajstić information content (AvgIpc) is 3.67. The van der Waals surface area contributed by atoms with Crippen LogP contribution in [-0.2, 0) is 9.53 Å². The zero-order chi connectivity index (χ0) is 33.2. The molecule has 5 aromatic rings. The number of carboxylic acid groups (broad SMARTS) is 1. The van der Waals surface area contributed by atoms with Gasteiger partial charge in [-0.15, -0.1) is 0 Å². The van der Waals surface area contributed by atoms with E-state index in [4.69, 9.17) is 35.2 Å². The first-order valence-electron chi connectivity index (χ1n) is 14.4. The maximum absolute atomic E-state index is 14.2. The largest absolute Gasteiger partial charge is 0.497 e. The minimum absolute atomic E-state index is 0.0246. The fourth-order valence-electron chi connectivity index (χ4n) is 5.34. The normalized spacial score (nSPS) is 14.4. The summed E-state index contributed by atoms with van der Waals surface area (Å²) in [7, 11) is 3.04. The third kappa shape index (κ3) is 5.98. The van der Waals surface area contributed by atoms with Gasteiger partial charge in [0.25, 0.3) is 5.56 Å². The molecule has 0 radical (unpaired) electrons. The molecule has 0 saturated carbocycles. The quantitative estimate of drug-likeness (QED) is 0.202. The highest BCUT2D eigenvalue weighted by Crippen LogP contribution is 2.40. The highest BCUT2D eigenvalue weighted by molar-refractivity contribution is 7.07. The number of ether oxygens (including phenoxy) is 3. The summed E-state index contributed by atoms with van der Waals surface area (Å²) in [5.41, 5.74) is 1.91. The average molecular weight is 671 g/mol. The molecule has 0 bridgehead atoms. The van der Waals surface area contributed by atoms with Crippen LogP contribution in [-0.4, -0.2) is 42.4 Å². The minimum atomic E-state index is -1.14. The molecule has 2 aromatic heterocycles. The molecule has 12 heteroatoms. The number of furan rings is 1. The summed E-state index contributed by atoms with van der Waals surface area (Å²) in [5.74, 6) is -0.00624. The van der Waals surface area contributed by atoms with Crippen LogP contribution in [0.15, 0.2) is 98.6 Å². The van der Waals surface area contributed by atoms with E-state index in [2.05, 4.69) is 0 Å². The molecule has 238 valence electrons. The van der Waals surface area contributed by atoms with Crippen molar-refractivity contribution < 1.29 is 33.3 Å². The summed E-state index contributed by atoms with van der Waals surface area (Å²) < 4.78 is 24.5. The summed E-state index contributed by atoms with van der Waals surface area (Å²) in [6.45, 7) is 1.83. The van der Waals surface area contributed by atoms with Crippen molar-refractivity contribution in [2.75, 3.05) is 20.8 Å². The van der Waals surface area contributed by atoms with E-state index in [-0.39, 0.29) is 22.8 Å². The van der Waals surface area contributed by atoms with Crippen LogP contribution in [0, 0.1) is 0 Å². The van der Waals surface area contributed by atoms with Crippen molar-refractivity contribution in [1.82, 2.24) is 4.57 Å². The Bertz CT molecular complexity index is 2230. The summed E-state index contributed by atoms with van der Waals surface area (Å²) in [5, 5.41) is 9.37. The van der Waals surface area contributed by atoms with Crippen molar-refractivity contribution in [2.24, 2.45) is 4.99 Å². The summed E-state index contributed by atoms with van der Waals surface area (Å²) in [6, 6.07) is 21.4. The minimum Gasteiger partial charge on any atom is -0.497 e. The number of halogens is 1. The molecule has 0 fully saturated rings. The van der Waals surface area contributed by atoms with Gasteiger partial charge in [-0.25, -0.2) is 14.6 Å². The number of fused-ring (bicyclic) bond motifs is 1. The van der Waals surface area contributed by atoms with E-state index in [1.807, 2.05) is 30.3 Å². The Balaban J connectivity index is 1.56. The van der Waals surface area contributed by atoms with Crippen LogP contribution in [0.1, 0.15) is 40.2 Å². The van der Waals surface area contributed by atoms with Crippen molar-refractivity contribution in [3.8, 4) is 22.8 Å². The van der Waals surface area contributed by atoms with Crippen LogP contribution in [0.25, 0.3) is 23.1 Å². The highest BCUT2D eigenvalue weighted by atomic mass is 35.5. The lowest BCUT2D eigenvalue weighted by Gasteiger charge is -2.27. The SMILES string of the molecule is CCOC(=O)C1=C(c2ccccc2)N=c2s/c(=C\c3ccc(-c4ccc(C(=O)O)c(Cl)c4)o3)c(=O)n2[C@H]1c1ccc(OC)cc1OC. The predicted molar refractivity (Wildman–Crippen MR) is 177 cm³/mol. The highest BCUT2D eigenvalue weighted by Gasteiger charge is 2.37. The fraction of sp³-hybridized carbons (Fsp3) is 0.143. The van der Waals surface area contributed by atoms with Gasteiger partial charge < -0.3 is 23.7 Å². The van der Waals surface area contributed by atoms with E-state index in [1.54, 1.807) is 49.4 Å². The molecule has 0 saturated heterocycles. The van der Waals surface area contributed by atoms with Gasteiger partial charge in [0.2, 0.25) is 0 Å². The number of rotatable bonds is 9. The zero-order valence-corrected chi connectivity index (χ0v) is 26.9. The molecule has 1 aliphatic rings. The number of methoxy groups -OCH3 is 2. The second-order valence-electron chi connectivity index (χ2n) is 10.2. The van der Waals surface area contributed by atoms with E-state index in [9.17, 15) is 19.5 Å². The lowest BCUT2D eigenvalue weighted by molar-refractivity contribution is -0.138. The maximum Gasteiger partial charge on any atom is 0.338 e. The molecule has 1 atom stereocenters. The number of nitrogens with zero attached hydrogens (tertiary/aromatic N) is 2. The Kier molecular flexibility index (Phi) is 8.84. The van der Waals surface area contributed by atoms with Gasteiger partial charge in [-0.3, -0.25) is 9.36 Å². The number of carbonyl (C=O) groups is 2. The molecule has 0 amide bonds. The Labute approximate surface area is 277 Å². The first-order chi connectivity index (χ1) is 22.7. The lowest BCUT2D eigenvalue weighted by Crippen LogP contribution is -2.40. The Morgan fingerprint density at radius 1 is 1.02 bits per heavy atom. The number of thiazole rings is 1. The second kappa shape index (κ2) is 13.1. The number of benzene rings is 3. The van der Waals surface area contributed by atoms with Crippen LogP contribution >= 0.6 is 22.9 Å². The smallest absolute Gasteiger partial charge is 0.338 e. The van der Waals surface area contributed by atoms with Crippen LogP contribution in [0.5, 0.6) is 11.5 Å². The molecule has 3 aromatic carbocycles. The molecule has 0 unspecified atom stereocenters. The first kappa shape index (κ1) is 31.6. The third-order valence-corrected chi connectivity index (χ3v) is 8.79. The van der Waals surface area contributed by atoms with Crippen LogP contribution in [0.2, 0.25) is 5.02 Å². The standard InChI is InChI=1S/C35H27ClN2O8S/c1-4-45-34(42)29-30(19-8-6-5-7-9-19)37-35-38(31(29)24-14-11-21(43-2)17-27(24)44-3)32(39)28(47-35)18-22-12-15-26(46-22)20-10-13-23(33(40)41)25(36)16-20/h5-18,31H,4H2,1-3H3,(H,40,41)/b28-18-/t31-/m0/s1. The molecule has 10 nitrogen and oxygen atoms in total. The molecular weight excluding hydrogens is 644 g/mol. The molecule has 1 N–H and O–H groups in total. The van der Waals surface area contributed by atoms with Gasteiger partial charge in [0, 0.05) is 28.8 Å². The fourth-order valence-corrected chi connectivity index (χ4v) is 6.58. The molecular formula is C35H27ClN2O8S. The number of esters is 1. The lowest BCUT2D eigenvalue weighted by atomic mass is 9.92. The molecule has 0 spiro atoms. The monoisotopic (exact) mass is 670 g/mol. The number of hydrogen-bond donors (Lipinski definition) is 1. The van der Waals surface area contributed by atoms with Gasteiger partial charge in [0.1, 0.15) is 29.1 Å².